The molecule has 3 atom stereocenters. The number of amides is 5. The molecule has 3 aromatic rings. The molecule has 1 aliphatic heterocycles. The van der Waals surface area contributed by atoms with Crippen molar-refractivity contribution in [3.8, 4) is 0 Å². The third-order valence-electron chi connectivity index (χ3n) is 7.08. The van der Waals surface area contributed by atoms with Crippen LogP contribution in [0.4, 0.5) is 21.1 Å². The number of benzene rings is 1. The number of aromatic nitrogens is 2. The first kappa shape index (κ1) is 31.1. The molecule has 12 nitrogen and oxygen atoms in total. The van der Waals surface area contributed by atoms with Gasteiger partial charge in [-0.2, -0.15) is 5.01 Å². The third-order valence-corrected chi connectivity index (χ3v) is 7.08. The molecule has 0 radical (unpaired) electrons. The second kappa shape index (κ2) is 13.0. The van der Waals surface area contributed by atoms with Crippen LogP contribution in [0.3, 0.4) is 0 Å². The van der Waals surface area contributed by atoms with E-state index >= 15 is 0 Å². The number of β-lactam (4-membered cyclic amide) rings is 1. The molecule has 0 saturated carbocycles. The minimum Gasteiger partial charge on any atom is -0.442 e. The first-order valence-corrected chi connectivity index (χ1v) is 14.0. The number of ether oxygens (including phenoxy) is 1. The molecule has 1 saturated heterocycles. The van der Waals surface area contributed by atoms with Crippen LogP contribution in [-0.2, 0) is 20.7 Å². The molecule has 1 aromatic carbocycles. The van der Waals surface area contributed by atoms with E-state index in [1.54, 1.807) is 64.5 Å². The summed E-state index contributed by atoms with van der Waals surface area (Å²) in [6.45, 7) is 7.08. The molecule has 2 unspecified atom stereocenters. The molecular weight excluding hydrogens is 550 g/mol. The molecule has 226 valence electrons. The molecule has 4 rings (SSSR count). The summed E-state index contributed by atoms with van der Waals surface area (Å²) in [4.78, 5) is 63.9. The van der Waals surface area contributed by atoms with Crippen molar-refractivity contribution in [2.45, 2.75) is 58.2 Å². The van der Waals surface area contributed by atoms with Gasteiger partial charge in [-0.1, -0.05) is 37.3 Å². The van der Waals surface area contributed by atoms with E-state index in [0.29, 0.717) is 17.7 Å². The molecule has 1 fully saturated rings. The normalized spacial score (nSPS) is 17.0. The molecule has 0 aliphatic carbocycles. The monoisotopic (exact) mass is 587 g/mol. The number of nitrogens with two attached hydrogens (primary N) is 1. The Kier molecular flexibility index (Phi) is 9.40. The topological polar surface area (TPSA) is 151 Å². The van der Waals surface area contributed by atoms with E-state index in [4.69, 9.17) is 10.6 Å². The zero-order valence-electron chi connectivity index (χ0n) is 24.9. The predicted molar refractivity (Wildman–Crippen MR) is 161 cm³/mol. The molecule has 3 N–H and O–H groups in total. The van der Waals surface area contributed by atoms with Gasteiger partial charge >= 0.3 is 12.1 Å². The van der Waals surface area contributed by atoms with Crippen LogP contribution < -0.4 is 21.1 Å². The van der Waals surface area contributed by atoms with Gasteiger partial charge in [0.25, 0.3) is 5.91 Å². The standard InChI is InChI=1S/C31H37N7O5/c1-6-24(21-10-8-7-9-11-21)35-29(41)37-26(28(40)36(5)22-13-15-33-16-14-22)23(27(37)39)18-20-12-17-34-25(19-20)38(32)30(42)43-31(2,3)4/h7-17,19,23-24,26H,6,18,32H2,1-5H3,(H,35,41)/t23-,24?,26?/m1/s1. The van der Waals surface area contributed by atoms with Crippen molar-refractivity contribution in [1.29, 1.82) is 0 Å². The Bertz CT molecular complexity index is 1460. The number of imide groups is 1. The van der Waals surface area contributed by atoms with E-state index in [1.165, 1.54) is 11.1 Å². The molecule has 2 aromatic heterocycles. The minimum atomic E-state index is -1.07. The summed E-state index contributed by atoms with van der Waals surface area (Å²) in [5.74, 6) is 4.32. The van der Waals surface area contributed by atoms with Crippen LogP contribution in [0, 0.1) is 5.92 Å². The van der Waals surface area contributed by atoms with Gasteiger partial charge in [-0.05, 0) is 69.0 Å². The summed E-state index contributed by atoms with van der Waals surface area (Å²) in [7, 11) is 1.59. The molecule has 0 bridgehead atoms. The number of hydrazine groups is 1. The summed E-state index contributed by atoms with van der Waals surface area (Å²) in [6.07, 6.45) is 4.46. The quantitative estimate of drug-likeness (QED) is 0.174. The van der Waals surface area contributed by atoms with E-state index in [2.05, 4.69) is 15.3 Å². The van der Waals surface area contributed by atoms with E-state index in [0.717, 1.165) is 15.5 Å². The smallest absolute Gasteiger partial charge is 0.430 e. The Hall–Kier alpha value is -4.84. The second-order valence-electron chi connectivity index (χ2n) is 11.3. The first-order valence-electron chi connectivity index (χ1n) is 14.0. The highest BCUT2D eigenvalue weighted by Gasteiger charge is 2.55. The number of carbonyl (C=O) groups is 4. The van der Waals surface area contributed by atoms with Crippen LogP contribution in [-0.4, -0.2) is 57.5 Å². The zero-order chi connectivity index (χ0) is 31.3. The van der Waals surface area contributed by atoms with E-state index in [1.807, 2.05) is 37.3 Å². The van der Waals surface area contributed by atoms with Crippen LogP contribution in [0.15, 0.2) is 73.2 Å². The number of rotatable bonds is 8. The highest BCUT2D eigenvalue weighted by atomic mass is 16.6. The summed E-state index contributed by atoms with van der Waals surface area (Å²) < 4.78 is 5.32. The van der Waals surface area contributed by atoms with Crippen molar-refractivity contribution >= 4 is 35.4 Å². The number of hydrogen-bond acceptors (Lipinski definition) is 8. The molecule has 43 heavy (non-hydrogen) atoms. The largest absolute Gasteiger partial charge is 0.442 e. The number of anilines is 2. The number of nitrogens with one attached hydrogen (secondary N) is 1. The average molecular weight is 588 g/mol. The molecule has 3 heterocycles. The Labute approximate surface area is 250 Å². The van der Waals surface area contributed by atoms with Crippen molar-refractivity contribution < 1.29 is 23.9 Å². The number of likely N-dealkylation sites (tertiary alicyclic amines) is 1. The fourth-order valence-electron chi connectivity index (χ4n) is 4.85. The lowest BCUT2D eigenvalue weighted by molar-refractivity contribution is -0.156. The van der Waals surface area contributed by atoms with Gasteiger partial charge in [-0.15, -0.1) is 0 Å². The first-order chi connectivity index (χ1) is 20.4. The molecule has 0 spiro atoms. The molecule has 12 heteroatoms. The van der Waals surface area contributed by atoms with Crippen LogP contribution in [0.5, 0.6) is 0 Å². The highest BCUT2D eigenvalue weighted by molar-refractivity contribution is 6.12. The van der Waals surface area contributed by atoms with Gasteiger partial charge in [0.15, 0.2) is 5.82 Å². The van der Waals surface area contributed by atoms with Crippen molar-refractivity contribution in [1.82, 2.24) is 20.2 Å². The average Bonchev–Trinajstić information content (AvgIpc) is 3.00. The molecule has 1 aliphatic rings. The number of urea groups is 1. The fraction of sp³-hybridized carbons (Fsp3) is 0.355. The number of hydrogen-bond donors (Lipinski definition) is 2. The van der Waals surface area contributed by atoms with Crippen molar-refractivity contribution in [3.05, 3.63) is 84.3 Å². The Morgan fingerprint density at radius 3 is 2.37 bits per heavy atom. The van der Waals surface area contributed by atoms with Gasteiger partial charge in [0, 0.05) is 31.3 Å². The number of likely N-dealkylation sites (N-methyl/N-ethyl adjacent to an activating group) is 1. The number of carbonyl (C=O) groups excluding carboxylic acids is 4. The van der Waals surface area contributed by atoms with E-state index < -0.39 is 41.5 Å². The van der Waals surface area contributed by atoms with Crippen molar-refractivity contribution in [2.24, 2.45) is 11.8 Å². The lowest BCUT2D eigenvalue weighted by atomic mass is 9.81. The maximum absolute atomic E-state index is 13.8. The zero-order valence-corrected chi connectivity index (χ0v) is 24.9. The number of nitrogens with zero attached hydrogens (tertiary/aromatic N) is 5. The van der Waals surface area contributed by atoms with Crippen LogP contribution in [0.2, 0.25) is 0 Å². The molecular formula is C31H37N7O5. The minimum absolute atomic E-state index is 0.108. The summed E-state index contributed by atoms with van der Waals surface area (Å²) in [6, 6.07) is 13.9. The Morgan fingerprint density at radius 2 is 1.74 bits per heavy atom. The lowest BCUT2D eigenvalue weighted by Gasteiger charge is -2.46. The van der Waals surface area contributed by atoms with Crippen molar-refractivity contribution in [3.63, 3.8) is 0 Å². The van der Waals surface area contributed by atoms with E-state index in [-0.39, 0.29) is 18.3 Å². The Balaban J connectivity index is 1.59. The van der Waals surface area contributed by atoms with Crippen LogP contribution >= 0.6 is 0 Å². The highest BCUT2D eigenvalue weighted by Crippen LogP contribution is 2.33. The van der Waals surface area contributed by atoms with Gasteiger partial charge in [0.05, 0.1) is 12.0 Å². The van der Waals surface area contributed by atoms with Crippen LogP contribution in [0.1, 0.15) is 51.3 Å². The summed E-state index contributed by atoms with van der Waals surface area (Å²) in [5, 5.41) is 3.70. The molecule has 5 amide bonds. The summed E-state index contributed by atoms with van der Waals surface area (Å²) in [5.41, 5.74) is 1.29. The van der Waals surface area contributed by atoms with E-state index in [9.17, 15) is 19.2 Å². The van der Waals surface area contributed by atoms with Gasteiger partial charge < -0.3 is 15.0 Å². The van der Waals surface area contributed by atoms with Gasteiger partial charge in [-0.25, -0.2) is 20.4 Å². The van der Waals surface area contributed by atoms with Gasteiger partial charge in [0.1, 0.15) is 11.6 Å². The maximum Gasteiger partial charge on any atom is 0.430 e. The summed E-state index contributed by atoms with van der Waals surface area (Å²) >= 11 is 0. The Morgan fingerprint density at radius 1 is 1.07 bits per heavy atom. The van der Waals surface area contributed by atoms with Gasteiger partial charge in [-0.3, -0.25) is 19.5 Å². The SMILES string of the molecule is CCC(NC(=O)N1C(=O)[C@H](Cc2ccnc(N(N)C(=O)OC(C)(C)C)c2)C1C(=O)N(C)c1ccncc1)c1ccccc1. The van der Waals surface area contributed by atoms with Gasteiger partial charge in [0.2, 0.25) is 5.91 Å². The third kappa shape index (κ3) is 7.15. The second-order valence-corrected chi connectivity index (χ2v) is 11.3. The van der Waals surface area contributed by atoms with Crippen LogP contribution in [0.25, 0.3) is 0 Å². The van der Waals surface area contributed by atoms with Crippen molar-refractivity contribution in [2.75, 3.05) is 17.0 Å². The number of pyridine rings is 2. The lowest BCUT2D eigenvalue weighted by Crippen LogP contribution is -2.70. The fourth-order valence-corrected chi connectivity index (χ4v) is 4.85. The maximum atomic E-state index is 13.8. The predicted octanol–water partition coefficient (Wildman–Crippen LogP) is 3.99.